The first-order valence-electron chi connectivity index (χ1n) is 18.1. The van der Waals surface area contributed by atoms with Crippen LogP contribution in [0, 0.1) is 0 Å². The number of rotatable bonds is 26. The van der Waals surface area contributed by atoms with E-state index in [1.807, 2.05) is 18.2 Å². The van der Waals surface area contributed by atoms with Crippen molar-refractivity contribution >= 4 is 6.03 Å². The molecule has 1 heterocycles. The lowest BCUT2D eigenvalue weighted by molar-refractivity contribution is -0.303. The Balaban J connectivity index is 1.78. The first-order chi connectivity index (χ1) is 22.8. The first-order valence-corrected chi connectivity index (χ1v) is 18.1. The van der Waals surface area contributed by atoms with E-state index in [1.54, 1.807) is 0 Å². The van der Waals surface area contributed by atoms with E-state index in [-0.39, 0.29) is 6.61 Å². The molecule has 1 aromatic carbocycles. The van der Waals surface area contributed by atoms with E-state index in [2.05, 4.69) is 29.7 Å². The number of unbranched alkanes of at least 4 members (excludes halogenated alkanes) is 13. The highest BCUT2D eigenvalue weighted by atomic mass is 16.7. The number of carbonyl (C=O) groups is 1. The number of amides is 2. The number of carbonyl (C=O) groups excluding carboxylic acids is 1. The van der Waals surface area contributed by atoms with Gasteiger partial charge in [0.2, 0.25) is 0 Å². The molecule has 2 amide bonds. The minimum Gasteiger partial charge on any atom is -0.394 e. The number of nitrogens with one attached hydrogen (secondary N) is 2. The van der Waals surface area contributed by atoms with Crippen LogP contribution < -0.4 is 10.6 Å². The first kappa shape index (κ1) is 41.3. The lowest BCUT2D eigenvalue weighted by Gasteiger charge is -2.40. The maximum Gasteiger partial charge on any atom is 0.315 e. The quantitative estimate of drug-likeness (QED) is 0.0683. The van der Waals surface area contributed by atoms with Gasteiger partial charge in [-0.15, -0.1) is 0 Å². The number of ether oxygens (including phenoxy) is 2. The van der Waals surface area contributed by atoms with Crippen molar-refractivity contribution in [2.75, 3.05) is 19.8 Å². The molecule has 1 aliphatic heterocycles. The molecule has 2 rings (SSSR count). The summed E-state index contributed by atoms with van der Waals surface area (Å²) in [6.45, 7) is 1.69. The summed E-state index contributed by atoms with van der Waals surface area (Å²) in [5.41, 5.74) is 1.27. The molecule has 47 heavy (non-hydrogen) atoms. The van der Waals surface area contributed by atoms with E-state index >= 15 is 0 Å². The minimum absolute atomic E-state index is 0.347. The molecule has 0 aromatic heterocycles. The summed E-state index contributed by atoms with van der Waals surface area (Å²) in [5.74, 6) is 0. The molecular formula is C36H64N2O9. The van der Waals surface area contributed by atoms with Crippen LogP contribution in [0.3, 0.4) is 0 Å². The van der Waals surface area contributed by atoms with Gasteiger partial charge in [-0.2, -0.15) is 0 Å². The smallest absolute Gasteiger partial charge is 0.315 e. The number of hydrogen-bond donors (Lipinski definition) is 8. The number of hydrogen-bond acceptors (Lipinski definition) is 9. The Morgan fingerprint density at radius 3 is 2.02 bits per heavy atom. The highest BCUT2D eigenvalue weighted by Gasteiger charge is 2.44. The molecule has 272 valence electrons. The summed E-state index contributed by atoms with van der Waals surface area (Å²) in [7, 11) is 0. The largest absolute Gasteiger partial charge is 0.394 e. The number of urea groups is 1. The van der Waals surface area contributed by atoms with Gasteiger partial charge in [-0.05, 0) is 31.2 Å². The standard InChI is InChI=1S/C36H64N2O9/c1-2-3-4-5-6-7-8-9-10-11-12-18-23-29(40)31(41)28(26-46-35-34(44)33(43)32(42)30(25-39)47-35)38-36(45)37-24-19-14-17-22-27-20-15-13-16-21-27/h13,15-16,20-21,28-35,39-44H,2-12,14,17-19,22-26H2,1H3,(H2,37,38,45)/t28-,29+,30?,31-,32?,33?,34?,35?/m0/s1. The van der Waals surface area contributed by atoms with E-state index in [0.29, 0.717) is 13.0 Å². The van der Waals surface area contributed by atoms with Crippen molar-refractivity contribution in [1.29, 1.82) is 0 Å². The van der Waals surface area contributed by atoms with Gasteiger partial charge in [0, 0.05) is 6.54 Å². The van der Waals surface area contributed by atoms with E-state index < -0.39 is 61.6 Å². The van der Waals surface area contributed by atoms with Crippen molar-refractivity contribution in [2.24, 2.45) is 0 Å². The third kappa shape index (κ3) is 16.9. The summed E-state index contributed by atoms with van der Waals surface area (Å²) in [4.78, 5) is 12.8. The molecular weight excluding hydrogens is 604 g/mol. The Bertz CT molecular complexity index is 910. The van der Waals surface area contributed by atoms with Crippen molar-refractivity contribution in [3.05, 3.63) is 35.9 Å². The van der Waals surface area contributed by atoms with E-state index in [0.717, 1.165) is 51.4 Å². The molecule has 5 unspecified atom stereocenters. The van der Waals surface area contributed by atoms with Crippen molar-refractivity contribution in [3.8, 4) is 0 Å². The molecule has 1 fully saturated rings. The SMILES string of the molecule is CCCCCCCCCCCCCC[C@@H](O)[C@@H](O)[C@H](COC1OC(CO)C(O)C(O)C1O)NC(=O)NCCCCCc1ccccc1. The van der Waals surface area contributed by atoms with Gasteiger partial charge in [-0.3, -0.25) is 0 Å². The average Bonchev–Trinajstić information content (AvgIpc) is 3.08. The van der Waals surface area contributed by atoms with Gasteiger partial charge in [0.25, 0.3) is 0 Å². The third-order valence-electron chi connectivity index (χ3n) is 9.04. The second-order valence-corrected chi connectivity index (χ2v) is 13.1. The van der Waals surface area contributed by atoms with E-state index in [9.17, 15) is 35.4 Å². The average molecular weight is 669 g/mol. The van der Waals surface area contributed by atoms with E-state index in [4.69, 9.17) is 9.47 Å². The van der Waals surface area contributed by atoms with Crippen molar-refractivity contribution in [2.45, 2.75) is 165 Å². The molecule has 11 nitrogen and oxygen atoms in total. The molecule has 11 heteroatoms. The second kappa shape index (κ2) is 25.2. The Morgan fingerprint density at radius 1 is 0.809 bits per heavy atom. The molecule has 0 aliphatic carbocycles. The van der Waals surface area contributed by atoms with Gasteiger partial charge in [0.15, 0.2) is 6.29 Å². The molecule has 1 aromatic rings. The number of aryl methyl sites for hydroxylation is 1. The van der Waals surface area contributed by atoms with Crippen LogP contribution in [-0.4, -0.2) is 105 Å². The minimum atomic E-state index is -1.62. The lowest BCUT2D eigenvalue weighted by Crippen LogP contribution is -2.60. The van der Waals surface area contributed by atoms with Crippen molar-refractivity contribution < 1.29 is 44.9 Å². The molecule has 1 aliphatic rings. The Morgan fingerprint density at radius 2 is 1.40 bits per heavy atom. The van der Waals surface area contributed by atoms with Gasteiger partial charge in [0.05, 0.1) is 25.4 Å². The predicted octanol–water partition coefficient (Wildman–Crippen LogP) is 3.70. The van der Waals surface area contributed by atoms with Gasteiger partial charge in [-0.25, -0.2) is 4.79 Å². The zero-order valence-electron chi connectivity index (χ0n) is 28.6. The van der Waals surface area contributed by atoms with Crippen LogP contribution in [0.25, 0.3) is 0 Å². The fourth-order valence-electron chi connectivity index (χ4n) is 5.96. The van der Waals surface area contributed by atoms with Crippen LogP contribution in [0.2, 0.25) is 0 Å². The third-order valence-corrected chi connectivity index (χ3v) is 9.04. The number of benzene rings is 1. The summed E-state index contributed by atoms with van der Waals surface area (Å²) < 4.78 is 11.0. The highest BCUT2D eigenvalue weighted by molar-refractivity contribution is 5.74. The maximum atomic E-state index is 12.8. The Hall–Kier alpha value is -1.83. The topological polar surface area (TPSA) is 181 Å². The van der Waals surface area contributed by atoms with Crippen LogP contribution in [0.15, 0.2) is 30.3 Å². The summed E-state index contributed by atoms with van der Waals surface area (Å²) in [6.07, 6.45) is 8.34. The molecule has 8 atom stereocenters. The van der Waals surface area contributed by atoms with Crippen LogP contribution in [-0.2, 0) is 15.9 Å². The summed E-state index contributed by atoms with van der Waals surface area (Å²) in [5, 5.41) is 67.3. The fraction of sp³-hybridized carbons (Fsp3) is 0.806. The molecule has 0 spiro atoms. The fourth-order valence-corrected chi connectivity index (χ4v) is 5.96. The Kier molecular flexibility index (Phi) is 22.2. The predicted molar refractivity (Wildman–Crippen MR) is 182 cm³/mol. The van der Waals surface area contributed by atoms with Crippen molar-refractivity contribution in [1.82, 2.24) is 10.6 Å². The number of aliphatic hydroxyl groups is 6. The normalized spacial score (nSPS) is 23.3. The van der Waals surface area contributed by atoms with Gasteiger partial charge in [0.1, 0.15) is 30.5 Å². The van der Waals surface area contributed by atoms with E-state index in [1.165, 1.54) is 56.9 Å². The number of aliphatic hydroxyl groups excluding tert-OH is 6. The van der Waals surface area contributed by atoms with Gasteiger partial charge in [-0.1, -0.05) is 121 Å². The zero-order valence-corrected chi connectivity index (χ0v) is 28.6. The van der Waals surface area contributed by atoms with Gasteiger partial charge >= 0.3 is 6.03 Å². The van der Waals surface area contributed by atoms with Crippen LogP contribution in [0.4, 0.5) is 4.79 Å². The summed E-state index contributed by atoms with van der Waals surface area (Å²) in [6, 6.07) is 8.61. The highest BCUT2D eigenvalue weighted by Crippen LogP contribution is 2.23. The van der Waals surface area contributed by atoms with Crippen LogP contribution >= 0.6 is 0 Å². The molecule has 1 saturated heterocycles. The zero-order chi connectivity index (χ0) is 34.3. The van der Waals surface area contributed by atoms with Crippen LogP contribution in [0.5, 0.6) is 0 Å². The Labute approximate surface area is 282 Å². The summed E-state index contributed by atoms with van der Waals surface area (Å²) >= 11 is 0. The molecule has 0 bridgehead atoms. The van der Waals surface area contributed by atoms with Crippen molar-refractivity contribution in [3.63, 3.8) is 0 Å². The molecule has 0 radical (unpaired) electrons. The second-order valence-electron chi connectivity index (χ2n) is 13.1. The maximum absolute atomic E-state index is 12.8. The molecule has 8 N–H and O–H groups in total. The molecule has 0 saturated carbocycles. The van der Waals surface area contributed by atoms with Gasteiger partial charge < -0.3 is 50.7 Å². The lowest BCUT2D eigenvalue weighted by atomic mass is 9.98. The van der Waals surface area contributed by atoms with Crippen LogP contribution in [0.1, 0.15) is 115 Å². The monoisotopic (exact) mass is 668 g/mol.